The number of sulfonamides is 1. The van der Waals surface area contributed by atoms with Crippen LogP contribution < -0.4 is 0 Å². The summed E-state index contributed by atoms with van der Waals surface area (Å²) in [5.74, 6) is 1.51. The van der Waals surface area contributed by atoms with Gasteiger partial charge in [-0.1, -0.05) is 6.92 Å². The van der Waals surface area contributed by atoms with Crippen LogP contribution in [0.1, 0.15) is 25.6 Å². The zero-order chi connectivity index (χ0) is 14.0. The lowest BCUT2D eigenvalue weighted by Gasteiger charge is -2.14. The Labute approximate surface area is 119 Å². The average Bonchev–Trinajstić information content (AvgIpc) is 2.98. The summed E-state index contributed by atoms with van der Waals surface area (Å²) in [5.41, 5.74) is 0. The van der Waals surface area contributed by atoms with Gasteiger partial charge in [0.1, 0.15) is 5.82 Å². The highest BCUT2D eigenvalue weighted by atomic mass is 35.5. The molecule has 2 rings (SSSR count). The first kappa shape index (κ1) is 14.8. The van der Waals surface area contributed by atoms with Crippen molar-refractivity contribution in [3.8, 4) is 0 Å². The summed E-state index contributed by atoms with van der Waals surface area (Å²) >= 11 is 5.80. The first-order chi connectivity index (χ1) is 8.98. The Morgan fingerprint density at radius 3 is 2.84 bits per heavy atom. The smallest absolute Gasteiger partial charge is 0.262 e. The molecule has 0 saturated carbocycles. The molecule has 1 atom stereocenters. The Morgan fingerprint density at radius 2 is 2.26 bits per heavy atom. The van der Waals surface area contributed by atoms with Crippen molar-refractivity contribution >= 4 is 21.6 Å². The van der Waals surface area contributed by atoms with E-state index in [-0.39, 0.29) is 10.9 Å². The first-order valence-electron chi connectivity index (χ1n) is 6.59. The highest BCUT2D eigenvalue weighted by Crippen LogP contribution is 2.24. The molecule has 1 fully saturated rings. The molecule has 19 heavy (non-hydrogen) atoms. The molecule has 0 radical (unpaired) electrons. The molecule has 0 aromatic carbocycles. The van der Waals surface area contributed by atoms with Crippen molar-refractivity contribution < 1.29 is 8.42 Å². The summed E-state index contributed by atoms with van der Waals surface area (Å²) in [6, 6.07) is 0. The SMILES string of the molecule is CCCn1cc(S(=O)(=O)N2CCC(CCl)C2)nc1C. The zero-order valence-electron chi connectivity index (χ0n) is 11.3. The summed E-state index contributed by atoms with van der Waals surface area (Å²) in [7, 11) is -3.46. The molecule has 5 nitrogen and oxygen atoms in total. The first-order valence-corrected chi connectivity index (χ1v) is 8.56. The quantitative estimate of drug-likeness (QED) is 0.780. The van der Waals surface area contributed by atoms with Gasteiger partial charge in [0, 0.05) is 31.7 Å². The van der Waals surface area contributed by atoms with Gasteiger partial charge in [0.2, 0.25) is 0 Å². The van der Waals surface area contributed by atoms with Gasteiger partial charge in [0.15, 0.2) is 5.03 Å². The van der Waals surface area contributed by atoms with Gasteiger partial charge in [0.25, 0.3) is 10.0 Å². The topological polar surface area (TPSA) is 55.2 Å². The number of aromatic nitrogens is 2. The number of imidazole rings is 1. The van der Waals surface area contributed by atoms with Gasteiger partial charge in [-0.3, -0.25) is 0 Å². The molecule has 7 heteroatoms. The Hall–Kier alpha value is -0.590. The van der Waals surface area contributed by atoms with Gasteiger partial charge < -0.3 is 4.57 Å². The van der Waals surface area contributed by atoms with Crippen molar-refractivity contribution in [3.05, 3.63) is 12.0 Å². The third-order valence-corrected chi connectivity index (χ3v) is 5.66. The minimum Gasteiger partial charge on any atom is -0.334 e. The number of aryl methyl sites for hydroxylation is 2. The largest absolute Gasteiger partial charge is 0.334 e. The minimum absolute atomic E-state index is 0.161. The maximum atomic E-state index is 12.5. The standard InChI is InChI=1S/C12H20ClN3O2S/c1-3-5-15-9-12(14-10(15)2)19(17,18)16-6-4-11(7-13)8-16/h9,11H,3-8H2,1-2H3. The fourth-order valence-corrected chi connectivity index (χ4v) is 4.12. The predicted molar refractivity (Wildman–Crippen MR) is 74.8 cm³/mol. The third kappa shape index (κ3) is 2.95. The van der Waals surface area contributed by atoms with Crippen molar-refractivity contribution in [1.82, 2.24) is 13.9 Å². The summed E-state index contributed by atoms with van der Waals surface area (Å²) in [6.07, 6.45) is 3.42. The van der Waals surface area contributed by atoms with E-state index in [4.69, 9.17) is 11.6 Å². The van der Waals surface area contributed by atoms with Gasteiger partial charge in [-0.15, -0.1) is 11.6 Å². The molecule has 1 aromatic heterocycles. The number of rotatable bonds is 5. The monoisotopic (exact) mass is 305 g/mol. The van der Waals surface area contributed by atoms with Crippen molar-refractivity contribution in [2.75, 3.05) is 19.0 Å². The average molecular weight is 306 g/mol. The fraction of sp³-hybridized carbons (Fsp3) is 0.750. The summed E-state index contributed by atoms with van der Waals surface area (Å²) < 4.78 is 28.3. The lowest BCUT2D eigenvalue weighted by atomic mass is 10.2. The third-order valence-electron chi connectivity index (χ3n) is 3.49. The number of nitrogens with zero attached hydrogens (tertiary/aromatic N) is 3. The normalized spacial score (nSPS) is 21.1. The van der Waals surface area contributed by atoms with Crippen LogP contribution in [0.15, 0.2) is 11.2 Å². The molecule has 1 aromatic rings. The molecule has 1 saturated heterocycles. The highest BCUT2D eigenvalue weighted by Gasteiger charge is 2.33. The Morgan fingerprint density at radius 1 is 1.53 bits per heavy atom. The molecular weight excluding hydrogens is 286 g/mol. The van der Waals surface area contributed by atoms with Crippen LogP contribution >= 0.6 is 11.6 Å². The summed E-state index contributed by atoms with van der Waals surface area (Å²) in [4.78, 5) is 4.20. The van der Waals surface area contributed by atoms with Crippen LogP contribution in [0.5, 0.6) is 0 Å². The number of halogens is 1. The maximum Gasteiger partial charge on any atom is 0.262 e. The van der Waals surface area contributed by atoms with E-state index in [1.807, 2.05) is 11.5 Å². The Bertz CT molecular complexity index is 541. The number of hydrogen-bond acceptors (Lipinski definition) is 3. The van der Waals surface area contributed by atoms with Gasteiger partial charge in [-0.05, 0) is 25.7 Å². The van der Waals surface area contributed by atoms with E-state index in [1.54, 1.807) is 6.20 Å². The van der Waals surface area contributed by atoms with E-state index in [0.717, 1.165) is 25.2 Å². The van der Waals surface area contributed by atoms with Crippen molar-refractivity contribution in [2.45, 2.75) is 38.3 Å². The van der Waals surface area contributed by atoms with Gasteiger partial charge >= 0.3 is 0 Å². The van der Waals surface area contributed by atoms with Gasteiger partial charge in [0.05, 0.1) is 0 Å². The van der Waals surface area contributed by atoms with E-state index in [1.165, 1.54) is 4.31 Å². The fourth-order valence-electron chi connectivity index (χ4n) is 2.34. The number of hydrogen-bond donors (Lipinski definition) is 0. The van der Waals surface area contributed by atoms with Crippen LogP contribution in [-0.2, 0) is 16.6 Å². The van der Waals surface area contributed by atoms with E-state index in [9.17, 15) is 8.42 Å². The zero-order valence-corrected chi connectivity index (χ0v) is 12.9. The molecule has 0 bridgehead atoms. The molecule has 0 spiro atoms. The Kier molecular flexibility index (Phi) is 4.53. The molecule has 1 aliphatic rings. The molecule has 1 aliphatic heterocycles. The van der Waals surface area contributed by atoms with Crippen LogP contribution in [-0.4, -0.2) is 41.2 Å². The Balaban J connectivity index is 2.22. The van der Waals surface area contributed by atoms with Crippen molar-refractivity contribution in [3.63, 3.8) is 0 Å². The van der Waals surface area contributed by atoms with Crippen LogP contribution in [0, 0.1) is 12.8 Å². The lowest BCUT2D eigenvalue weighted by Crippen LogP contribution is -2.29. The van der Waals surface area contributed by atoms with E-state index in [0.29, 0.717) is 19.0 Å². The molecule has 0 N–H and O–H groups in total. The van der Waals surface area contributed by atoms with Crippen LogP contribution in [0.4, 0.5) is 0 Å². The van der Waals surface area contributed by atoms with Crippen LogP contribution in [0.3, 0.4) is 0 Å². The summed E-state index contributed by atoms with van der Waals surface area (Å²) in [6.45, 7) is 5.73. The molecule has 108 valence electrons. The number of alkyl halides is 1. The van der Waals surface area contributed by atoms with Crippen molar-refractivity contribution in [1.29, 1.82) is 0 Å². The predicted octanol–water partition coefficient (Wildman–Crippen LogP) is 1.85. The van der Waals surface area contributed by atoms with E-state index >= 15 is 0 Å². The van der Waals surface area contributed by atoms with Crippen LogP contribution in [0.25, 0.3) is 0 Å². The second-order valence-electron chi connectivity index (χ2n) is 4.99. The van der Waals surface area contributed by atoms with E-state index in [2.05, 4.69) is 11.9 Å². The summed E-state index contributed by atoms with van der Waals surface area (Å²) in [5, 5.41) is 0.161. The molecule has 2 heterocycles. The van der Waals surface area contributed by atoms with Gasteiger partial charge in [-0.2, -0.15) is 4.31 Å². The molecular formula is C12H20ClN3O2S. The second-order valence-corrected chi connectivity index (χ2v) is 7.19. The minimum atomic E-state index is -3.46. The van der Waals surface area contributed by atoms with Gasteiger partial charge in [-0.25, -0.2) is 13.4 Å². The van der Waals surface area contributed by atoms with E-state index < -0.39 is 10.0 Å². The molecule has 0 amide bonds. The van der Waals surface area contributed by atoms with Crippen LogP contribution in [0.2, 0.25) is 0 Å². The van der Waals surface area contributed by atoms with Crippen molar-refractivity contribution in [2.24, 2.45) is 5.92 Å². The molecule has 0 aliphatic carbocycles. The molecule has 1 unspecified atom stereocenters. The second kappa shape index (κ2) is 5.81. The highest BCUT2D eigenvalue weighted by molar-refractivity contribution is 7.89. The maximum absolute atomic E-state index is 12.5. The lowest BCUT2D eigenvalue weighted by molar-refractivity contribution is 0.462.